The Bertz CT molecular complexity index is 1180. The van der Waals surface area contributed by atoms with Crippen molar-refractivity contribution in [1.82, 2.24) is 29.4 Å². The van der Waals surface area contributed by atoms with Crippen LogP contribution < -0.4 is 0 Å². The Morgan fingerprint density at radius 1 is 0.966 bits per heavy atom. The molecule has 0 saturated carbocycles. The Labute approximate surface area is 162 Å². The molecular formula is C17H20N6O6. The molecule has 4 rings (SSSR count). The predicted octanol–water partition coefficient (Wildman–Crippen LogP) is -2.37. The maximum absolute atomic E-state index is 10.5. The zero-order valence-electron chi connectivity index (χ0n) is 15.3. The molecule has 0 saturated heterocycles. The Morgan fingerprint density at radius 2 is 1.69 bits per heavy atom. The first-order chi connectivity index (χ1) is 13.8. The molecule has 12 nitrogen and oxygen atoms in total. The van der Waals surface area contributed by atoms with E-state index in [1.165, 1.54) is 0 Å². The minimum atomic E-state index is -1.96. The number of benzene rings is 1. The summed E-state index contributed by atoms with van der Waals surface area (Å²) < 4.78 is 2.98. The standard InChI is InChI=1S/C17H20N6O6/c1-22-8-5-3-2-4-7(8)10-15(22)18-17-20-19-16(23(17)21-10)14(29)13(28)12(27)11(26)9(25)6-24/h2-5,9,11-14,24-29H,6H2,1H3/t9-,11-,12+,13-,14?/m1/s1. The van der Waals surface area contributed by atoms with Gasteiger partial charge in [-0.15, -0.1) is 10.2 Å². The highest BCUT2D eigenvalue weighted by Crippen LogP contribution is 2.26. The van der Waals surface area contributed by atoms with E-state index in [0.717, 1.165) is 15.4 Å². The average Bonchev–Trinajstić information content (AvgIpc) is 3.29. The molecule has 3 aromatic heterocycles. The fraction of sp³-hybridized carbons (Fsp3) is 0.412. The number of nitrogens with zero attached hydrogens (tertiary/aromatic N) is 6. The van der Waals surface area contributed by atoms with Crippen LogP contribution in [0.15, 0.2) is 24.3 Å². The summed E-state index contributed by atoms with van der Waals surface area (Å²) in [5, 5.41) is 71.7. The molecule has 29 heavy (non-hydrogen) atoms. The van der Waals surface area contributed by atoms with Crippen LogP contribution in [0.3, 0.4) is 0 Å². The van der Waals surface area contributed by atoms with Crippen molar-refractivity contribution in [1.29, 1.82) is 0 Å². The summed E-state index contributed by atoms with van der Waals surface area (Å²) in [6.07, 6.45) is -9.29. The van der Waals surface area contributed by atoms with E-state index in [-0.39, 0.29) is 11.6 Å². The smallest absolute Gasteiger partial charge is 0.274 e. The van der Waals surface area contributed by atoms with Gasteiger partial charge < -0.3 is 35.2 Å². The first-order valence-corrected chi connectivity index (χ1v) is 8.82. The molecule has 1 aromatic carbocycles. The highest BCUT2D eigenvalue weighted by Gasteiger charge is 2.37. The largest absolute Gasteiger partial charge is 0.394 e. The highest BCUT2D eigenvalue weighted by atomic mass is 16.4. The second kappa shape index (κ2) is 7.26. The van der Waals surface area contributed by atoms with Crippen molar-refractivity contribution in [3.63, 3.8) is 0 Å². The molecule has 5 atom stereocenters. The van der Waals surface area contributed by atoms with Gasteiger partial charge in [-0.2, -0.15) is 14.6 Å². The second-order valence-corrected chi connectivity index (χ2v) is 6.80. The predicted molar refractivity (Wildman–Crippen MR) is 98.6 cm³/mol. The van der Waals surface area contributed by atoms with Gasteiger partial charge in [-0.05, 0) is 6.07 Å². The fourth-order valence-electron chi connectivity index (χ4n) is 3.29. The first kappa shape index (κ1) is 19.6. The third-order valence-corrected chi connectivity index (χ3v) is 4.97. The molecule has 1 unspecified atom stereocenters. The van der Waals surface area contributed by atoms with Crippen LogP contribution in [0.5, 0.6) is 0 Å². The molecule has 0 aliphatic rings. The topological polar surface area (TPSA) is 182 Å². The van der Waals surface area contributed by atoms with E-state index in [1.807, 2.05) is 35.9 Å². The molecule has 12 heteroatoms. The molecule has 0 radical (unpaired) electrons. The Kier molecular flexibility index (Phi) is 4.90. The van der Waals surface area contributed by atoms with E-state index in [0.29, 0.717) is 11.2 Å². The molecule has 0 aliphatic carbocycles. The third-order valence-electron chi connectivity index (χ3n) is 4.97. The second-order valence-electron chi connectivity index (χ2n) is 6.80. The van der Waals surface area contributed by atoms with Crippen LogP contribution >= 0.6 is 0 Å². The Hall–Kier alpha value is -2.74. The quantitative estimate of drug-likeness (QED) is 0.203. The van der Waals surface area contributed by atoms with Gasteiger partial charge in [0.2, 0.25) is 0 Å². The number of aryl methyl sites for hydroxylation is 1. The number of fused-ring (bicyclic) bond motifs is 4. The molecule has 154 valence electrons. The van der Waals surface area contributed by atoms with E-state index in [2.05, 4.69) is 20.3 Å². The zero-order valence-corrected chi connectivity index (χ0v) is 15.3. The minimum absolute atomic E-state index is 0.0649. The first-order valence-electron chi connectivity index (χ1n) is 8.82. The Balaban J connectivity index is 1.78. The molecule has 4 aromatic rings. The summed E-state index contributed by atoms with van der Waals surface area (Å²) >= 11 is 0. The van der Waals surface area contributed by atoms with E-state index in [9.17, 15) is 25.5 Å². The summed E-state index contributed by atoms with van der Waals surface area (Å²) in [4.78, 5) is 4.41. The van der Waals surface area contributed by atoms with E-state index >= 15 is 0 Å². The lowest BCUT2D eigenvalue weighted by molar-refractivity contribution is -0.142. The molecule has 0 bridgehead atoms. The molecule has 0 spiro atoms. The van der Waals surface area contributed by atoms with Crippen LogP contribution in [0.2, 0.25) is 0 Å². The number of aliphatic hydroxyl groups is 6. The molecule has 3 heterocycles. The SMILES string of the molecule is Cn1c2ccccc2c2nn3c(C(O)[C@H](O)[C@@H](O)[C@H](O)[C@H](O)CO)nnc3nc21. The van der Waals surface area contributed by atoms with Crippen LogP contribution in [-0.4, -0.2) is 91.0 Å². The maximum Gasteiger partial charge on any atom is 0.274 e. The Morgan fingerprint density at radius 3 is 2.41 bits per heavy atom. The highest BCUT2D eigenvalue weighted by molar-refractivity contribution is 6.04. The minimum Gasteiger partial charge on any atom is -0.394 e. The van der Waals surface area contributed by atoms with Gasteiger partial charge in [0.05, 0.1) is 12.1 Å². The van der Waals surface area contributed by atoms with Crippen LogP contribution in [0, 0.1) is 0 Å². The number of aromatic nitrogens is 6. The summed E-state index contributed by atoms with van der Waals surface area (Å²) in [6, 6.07) is 7.50. The van der Waals surface area contributed by atoms with Crippen molar-refractivity contribution < 1.29 is 30.6 Å². The summed E-state index contributed by atoms with van der Waals surface area (Å²) in [5.74, 6) is -0.144. The number of hydrogen-bond acceptors (Lipinski definition) is 10. The monoisotopic (exact) mass is 404 g/mol. The van der Waals surface area contributed by atoms with Gasteiger partial charge in [0, 0.05) is 12.4 Å². The van der Waals surface area contributed by atoms with Gasteiger partial charge in [0.1, 0.15) is 36.0 Å². The molecule has 0 amide bonds. The number of rotatable bonds is 6. The molecule has 6 N–H and O–H groups in total. The van der Waals surface area contributed by atoms with Crippen molar-refractivity contribution in [3.8, 4) is 0 Å². The van der Waals surface area contributed by atoms with Crippen LogP contribution in [-0.2, 0) is 7.05 Å². The van der Waals surface area contributed by atoms with Gasteiger partial charge >= 0.3 is 0 Å². The normalized spacial score (nSPS) is 17.6. The fourth-order valence-corrected chi connectivity index (χ4v) is 3.29. The molecule has 0 fully saturated rings. The van der Waals surface area contributed by atoms with E-state index in [1.54, 1.807) is 0 Å². The lowest BCUT2D eigenvalue weighted by Gasteiger charge is -2.27. The van der Waals surface area contributed by atoms with Gasteiger partial charge in [-0.25, -0.2) is 0 Å². The number of hydrogen-bond donors (Lipinski definition) is 6. The number of aliphatic hydroxyl groups excluding tert-OH is 6. The lowest BCUT2D eigenvalue weighted by atomic mass is 9.99. The van der Waals surface area contributed by atoms with Gasteiger partial charge in [-0.1, -0.05) is 18.2 Å². The van der Waals surface area contributed by atoms with Gasteiger partial charge in [0.25, 0.3) is 5.78 Å². The van der Waals surface area contributed by atoms with E-state index in [4.69, 9.17) is 5.11 Å². The van der Waals surface area contributed by atoms with Gasteiger partial charge in [-0.3, -0.25) is 0 Å². The summed E-state index contributed by atoms with van der Waals surface area (Å²) in [5.41, 5.74) is 1.96. The van der Waals surface area contributed by atoms with Crippen LogP contribution in [0.25, 0.3) is 27.8 Å². The van der Waals surface area contributed by atoms with Crippen molar-refractivity contribution in [2.75, 3.05) is 6.61 Å². The maximum atomic E-state index is 10.5. The summed E-state index contributed by atoms with van der Waals surface area (Å²) in [7, 11) is 1.83. The third kappa shape index (κ3) is 3.02. The molecular weight excluding hydrogens is 384 g/mol. The lowest BCUT2D eigenvalue weighted by Crippen LogP contribution is -2.48. The van der Waals surface area contributed by atoms with Crippen molar-refractivity contribution in [3.05, 3.63) is 30.1 Å². The number of para-hydroxylation sites is 1. The van der Waals surface area contributed by atoms with Crippen molar-refractivity contribution >= 4 is 27.8 Å². The van der Waals surface area contributed by atoms with Crippen LogP contribution in [0.1, 0.15) is 11.9 Å². The van der Waals surface area contributed by atoms with Gasteiger partial charge in [0.15, 0.2) is 11.5 Å². The molecule has 0 aliphatic heterocycles. The average molecular weight is 404 g/mol. The zero-order chi connectivity index (χ0) is 20.9. The van der Waals surface area contributed by atoms with Crippen LogP contribution in [0.4, 0.5) is 0 Å². The van der Waals surface area contributed by atoms with Crippen molar-refractivity contribution in [2.45, 2.75) is 30.5 Å². The van der Waals surface area contributed by atoms with E-state index < -0.39 is 37.1 Å². The van der Waals surface area contributed by atoms with Crippen molar-refractivity contribution in [2.24, 2.45) is 7.05 Å². The summed E-state index contributed by atoms with van der Waals surface area (Å²) in [6.45, 7) is -0.834.